The molecule has 0 bridgehead atoms. The Kier molecular flexibility index (Phi) is 6.76. The van der Waals surface area contributed by atoms with Crippen LogP contribution in [0.1, 0.15) is 20.7 Å². The van der Waals surface area contributed by atoms with Crippen LogP contribution in [-0.2, 0) is 14.8 Å². The lowest BCUT2D eigenvalue weighted by molar-refractivity contribution is 0.0474. The number of ether oxygens (including phenoxy) is 3. The number of carbonyl (C=O) groups is 2. The summed E-state index contributed by atoms with van der Waals surface area (Å²) in [5, 5.41) is 0. The molecular weight excluding hydrogens is 386 g/mol. The molecule has 150 valence electrons. The number of nitrogens with zero attached hydrogens (tertiary/aromatic N) is 1. The highest BCUT2D eigenvalue weighted by Gasteiger charge is 2.20. The third kappa shape index (κ3) is 4.68. The average Bonchev–Trinajstić information content (AvgIpc) is 2.70. The van der Waals surface area contributed by atoms with Crippen LogP contribution in [-0.4, -0.2) is 59.4 Å². The molecule has 0 radical (unpaired) electrons. The highest BCUT2D eigenvalue weighted by Crippen LogP contribution is 2.27. The van der Waals surface area contributed by atoms with E-state index in [1.807, 2.05) is 0 Å². The third-order valence-electron chi connectivity index (χ3n) is 3.89. The normalized spacial score (nSPS) is 11.2. The van der Waals surface area contributed by atoms with E-state index in [0.717, 1.165) is 4.31 Å². The van der Waals surface area contributed by atoms with Crippen molar-refractivity contribution in [3.05, 3.63) is 53.6 Å². The molecule has 0 aliphatic heterocycles. The van der Waals surface area contributed by atoms with Crippen molar-refractivity contribution in [3.8, 4) is 11.5 Å². The molecule has 0 aromatic heterocycles. The summed E-state index contributed by atoms with van der Waals surface area (Å²) in [5.74, 6) is -0.396. The molecule has 2 rings (SSSR count). The molecule has 0 saturated heterocycles. The van der Waals surface area contributed by atoms with Gasteiger partial charge in [-0.05, 0) is 36.4 Å². The Balaban J connectivity index is 2.11. The van der Waals surface area contributed by atoms with E-state index < -0.39 is 28.4 Å². The Morgan fingerprint density at radius 1 is 0.929 bits per heavy atom. The summed E-state index contributed by atoms with van der Waals surface area (Å²) in [7, 11) is 2.02. The van der Waals surface area contributed by atoms with Gasteiger partial charge in [-0.3, -0.25) is 4.79 Å². The average molecular weight is 407 g/mol. The van der Waals surface area contributed by atoms with Crippen LogP contribution < -0.4 is 9.47 Å². The van der Waals surface area contributed by atoms with Crippen molar-refractivity contribution in [1.82, 2.24) is 4.31 Å². The Labute approximate surface area is 163 Å². The van der Waals surface area contributed by atoms with Gasteiger partial charge in [0, 0.05) is 19.7 Å². The van der Waals surface area contributed by atoms with Gasteiger partial charge in [-0.15, -0.1) is 0 Å². The third-order valence-corrected chi connectivity index (χ3v) is 5.70. The molecular formula is C19H21NO7S. The van der Waals surface area contributed by atoms with Crippen LogP contribution in [0, 0.1) is 0 Å². The molecule has 28 heavy (non-hydrogen) atoms. The summed E-state index contributed by atoms with van der Waals surface area (Å²) in [5.41, 5.74) is 0.317. The van der Waals surface area contributed by atoms with Gasteiger partial charge in [-0.2, -0.15) is 0 Å². The summed E-state index contributed by atoms with van der Waals surface area (Å²) >= 11 is 0. The predicted molar refractivity (Wildman–Crippen MR) is 101 cm³/mol. The van der Waals surface area contributed by atoms with E-state index in [2.05, 4.69) is 0 Å². The molecule has 9 heteroatoms. The second-order valence-electron chi connectivity index (χ2n) is 5.88. The molecule has 0 saturated carbocycles. The molecule has 0 unspecified atom stereocenters. The summed E-state index contributed by atoms with van der Waals surface area (Å²) in [6.07, 6.45) is 0. The standard InChI is InChI=1S/C19H21NO7S/c1-20(2)28(23,24)15-7-5-6-14(10-15)19(22)27-12-16(21)13-8-9-17(25-3)18(11-13)26-4/h5-11H,12H2,1-4H3. The lowest BCUT2D eigenvalue weighted by atomic mass is 10.1. The van der Waals surface area contributed by atoms with Crippen LogP contribution in [0.2, 0.25) is 0 Å². The van der Waals surface area contributed by atoms with Gasteiger partial charge in [0.1, 0.15) is 0 Å². The van der Waals surface area contributed by atoms with E-state index in [9.17, 15) is 18.0 Å². The number of esters is 1. The number of benzene rings is 2. The number of rotatable bonds is 8. The van der Waals surface area contributed by atoms with Gasteiger partial charge in [0.2, 0.25) is 10.0 Å². The van der Waals surface area contributed by atoms with Crippen molar-refractivity contribution >= 4 is 21.8 Å². The van der Waals surface area contributed by atoms with Gasteiger partial charge in [-0.1, -0.05) is 6.07 Å². The highest BCUT2D eigenvalue weighted by molar-refractivity contribution is 7.89. The molecule has 0 heterocycles. The molecule has 0 N–H and O–H groups in total. The minimum absolute atomic E-state index is 0.0306. The number of ketones is 1. The highest BCUT2D eigenvalue weighted by atomic mass is 32.2. The first-order valence-electron chi connectivity index (χ1n) is 8.15. The van der Waals surface area contributed by atoms with Crippen LogP contribution >= 0.6 is 0 Å². The van der Waals surface area contributed by atoms with Crippen molar-refractivity contribution in [3.63, 3.8) is 0 Å². The fraction of sp³-hybridized carbons (Fsp3) is 0.263. The number of methoxy groups -OCH3 is 2. The Hall–Kier alpha value is -2.91. The Bertz CT molecular complexity index is 984. The second kappa shape index (κ2) is 8.85. The lowest BCUT2D eigenvalue weighted by Gasteiger charge is -2.12. The smallest absolute Gasteiger partial charge is 0.338 e. The van der Waals surface area contributed by atoms with E-state index in [1.54, 1.807) is 6.07 Å². The number of carbonyl (C=O) groups excluding carboxylic acids is 2. The number of hydrogen-bond acceptors (Lipinski definition) is 7. The van der Waals surface area contributed by atoms with E-state index >= 15 is 0 Å². The van der Waals surface area contributed by atoms with Crippen molar-refractivity contribution in [2.24, 2.45) is 0 Å². The zero-order valence-electron chi connectivity index (χ0n) is 16.0. The quantitative estimate of drug-likeness (QED) is 0.487. The fourth-order valence-electron chi connectivity index (χ4n) is 2.30. The largest absolute Gasteiger partial charge is 0.493 e. The van der Waals surface area contributed by atoms with Gasteiger partial charge < -0.3 is 14.2 Å². The first-order valence-corrected chi connectivity index (χ1v) is 9.59. The minimum Gasteiger partial charge on any atom is -0.493 e. The van der Waals surface area contributed by atoms with E-state index in [0.29, 0.717) is 11.5 Å². The van der Waals surface area contributed by atoms with E-state index in [1.165, 1.54) is 64.7 Å². The van der Waals surface area contributed by atoms with E-state index in [4.69, 9.17) is 14.2 Å². The summed E-state index contributed by atoms with van der Waals surface area (Å²) in [6.45, 7) is -0.501. The van der Waals surface area contributed by atoms with Gasteiger partial charge in [0.15, 0.2) is 23.9 Å². The van der Waals surface area contributed by atoms with Gasteiger partial charge in [0.05, 0.1) is 24.7 Å². The van der Waals surface area contributed by atoms with Crippen molar-refractivity contribution in [2.75, 3.05) is 34.9 Å². The number of sulfonamides is 1. The van der Waals surface area contributed by atoms with E-state index in [-0.39, 0.29) is 16.0 Å². The summed E-state index contributed by atoms with van der Waals surface area (Å²) in [4.78, 5) is 24.5. The van der Waals surface area contributed by atoms with Gasteiger partial charge in [0.25, 0.3) is 0 Å². The molecule has 0 aliphatic rings. The molecule has 8 nitrogen and oxygen atoms in total. The second-order valence-corrected chi connectivity index (χ2v) is 8.04. The number of Topliss-reactive ketones (excluding diaryl/α,β-unsaturated/α-hetero) is 1. The Morgan fingerprint density at radius 3 is 2.21 bits per heavy atom. The predicted octanol–water partition coefficient (Wildman–Crippen LogP) is 1.99. The maximum atomic E-state index is 12.3. The van der Waals surface area contributed by atoms with Crippen molar-refractivity contribution in [2.45, 2.75) is 4.90 Å². The molecule has 0 amide bonds. The zero-order valence-corrected chi connectivity index (χ0v) is 16.8. The fourth-order valence-corrected chi connectivity index (χ4v) is 3.25. The monoisotopic (exact) mass is 407 g/mol. The molecule has 0 spiro atoms. The molecule has 2 aromatic carbocycles. The van der Waals surface area contributed by atoms with Crippen LogP contribution in [0.5, 0.6) is 11.5 Å². The number of hydrogen-bond donors (Lipinski definition) is 0. The topological polar surface area (TPSA) is 99.2 Å². The lowest BCUT2D eigenvalue weighted by Crippen LogP contribution is -2.22. The molecule has 0 atom stereocenters. The molecule has 0 aliphatic carbocycles. The maximum absolute atomic E-state index is 12.3. The summed E-state index contributed by atoms with van der Waals surface area (Å²) in [6, 6.07) is 10.0. The van der Waals surface area contributed by atoms with Gasteiger partial charge in [-0.25, -0.2) is 17.5 Å². The zero-order chi connectivity index (χ0) is 20.9. The SMILES string of the molecule is COc1ccc(C(=O)COC(=O)c2cccc(S(=O)(=O)N(C)C)c2)cc1OC. The van der Waals surface area contributed by atoms with Crippen LogP contribution in [0.4, 0.5) is 0 Å². The minimum atomic E-state index is -3.69. The Morgan fingerprint density at radius 2 is 1.61 bits per heavy atom. The van der Waals surface area contributed by atoms with Crippen LogP contribution in [0.3, 0.4) is 0 Å². The first-order chi connectivity index (χ1) is 13.2. The van der Waals surface area contributed by atoms with Crippen molar-refractivity contribution < 1.29 is 32.2 Å². The maximum Gasteiger partial charge on any atom is 0.338 e. The molecule has 0 fully saturated rings. The van der Waals surface area contributed by atoms with Crippen LogP contribution in [0.15, 0.2) is 47.4 Å². The van der Waals surface area contributed by atoms with Crippen molar-refractivity contribution in [1.29, 1.82) is 0 Å². The first kappa shape index (κ1) is 21.4. The van der Waals surface area contributed by atoms with Gasteiger partial charge >= 0.3 is 5.97 Å². The van der Waals surface area contributed by atoms with Crippen LogP contribution in [0.25, 0.3) is 0 Å². The molecule has 2 aromatic rings. The summed E-state index contributed by atoms with van der Waals surface area (Å²) < 4.78 is 40.7.